The summed E-state index contributed by atoms with van der Waals surface area (Å²) in [5.41, 5.74) is 3.95. The number of rotatable bonds is 8. The average molecular weight is 584 g/mol. The molecular formula is C32H34FN7OS. The number of amides is 1. The van der Waals surface area contributed by atoms with E-state index in [1.165, 1.54) is 22.6 Å². The average Bonchev–Trinajstić information content (AvgIpc) is 3.45. The zero-order valence-corrected chi connectivity index (χ0v) is 24.9. The molecule has 216 valence electrons. The minimum Gasteiger partial charge on any atom is -0.340 e. The van der Waals surface area contributed by atoms with E-state index >= 15 is 0 Å². The Labute approximate surface area is 248 Å². The molecule has 1 amide bonds. The molecule has 0 saturated heterocycles. The summed E-state index contributed by atoms with van der Waals surface area (Å²) in [6, 6.07) is 13.1. The van der Waals surface area contributed by atoms with E-state index in [0.29, 0.717) is 19.1 Å². The van der Waals surface area contributed by atoms with Gasteiger partial charge in [-0.25, -0.2) is 14.4 Å². The SMILES string of the molecule is CC(C)N(C)CC=CC(=O)N1CCCc2c(sc3ncnc(Nc4ccc5c(cnn5Cc5cccc(F)c5)c4)c23)C1. The summed E-state index contributed by atoms with van der Waals surface area (Å²) in [5, 5.41) is 10.1. The number of hydrogen-bond donors (Lipinski definition) is 1. The maximum atomic E-state index is 13.7. The lowest BCUT2D eigenvalue weighted by atomic mass is 10.1. The molecule has 0 radical (unpaired) electrons. The van der Waals surface area contributed by atoms with Gasteiger partial charge in [0.1, 0.15) is 22.8 Å². The molecule has 0 unspecified atom stereocenters. The lowest BCUT2D eigenvalue weighted by molar-refractivity contribution is -0.126. The van der Waals surface area contributed by atoms with E-state index in [1.807, 2.05) is 46.1 Å². The highest BCUT2D eigenvalue weighted by atomic mass is 32.1. The third-order valence-electron chi connectivity index (χ3n) is 7.83. The Bertz CT molecular complexity index is 1780. The molecule has 0 atom stereocenters. The van der Waals surface area contributed by atoms with Crippen LogP contribution in [0.2, 0.25) is 0 Å². The second-order valence-corrected chi connectivity index (χ2v) is 12.1. The molecule has 0 spiro atoms. The highest BCUT2D eigenvalue weighted by molar-refractivity contribution is 7.19. The fraction of sp³-hybridized carbons (Fsp3) is 0.312. The van der Waals surface area contributed by atoms with E-state index in [2.05, 4.69) is 46.2 Å². The molecular weight excluding hydrogens is 549 g/mol. The van der Waals surface area contributed by atoms with Crippen molar-refractivity contribution in [3.05, 3.63) is 89.0 Å². The van der Waals surface area contributed by atoms with Gasteiger partial charge >= 0.3 is 0 Å². The largest absolute Gasteiger partial charge is 0.340 e. The van der Waals surface area contributed by atoms with Crippen molar-refractivity contribution in [2.45, 2.75) is 45.8 Å². The summed E-state index contributed by atoms with van der Waals surface area (Å²) in [4.78, 5) is 28.4. The number of nitrogens with one attached hydrogen (secondary N) is 1. The third kappa shape index (κ3) is 5.91. The van der Waals surface area contributed by atoms with Gasteiger partial charge in [0.05, 0.1) is 30.2 Å². The molecule has 42 heavy (non-hydrogen) atoms. The summed E-state index contributed by atoms with van der Waals surface area (Å²) in [6.07, 6.45) is 8.83. The number of fused-ring (bicyclic) bond motifs is 4. The van der Waals surface area contributed by atoms with Crippen molar-refractivity contribution in [1.29, 1.82) is 0 Å². The smallest absolute Gasteiger partial charge is 0.246 e. The van der Waals surface area contributed by atoms with Gasteiger partial charge in [-0.05, 0) is 75.2 Å². The van der Waals surface area contributed by atoms with E-state index in [-0.39, 0.29) is 11.7 Å². The van der Waals surface area contributed by atoms with Crippen LogP contribution in [0.1, 0.15) is 36.3 Å². The number of halogens is 1. The van der Waals surface area contributed by atoms with Gasteiger partial charge in [0.2, 0.25) is 5.91 Å². The minimum absolute atomic E-state index is 0.0492. The Morgan fingerprint density at radius 3 is 2.93 bits per heavy atom. The normalized spacial score (nSPS) is 13.9. The number of hydrogen-bond acceptors (Lipinski definition) is 7. The summed E-state index contributed by atoms with van der Waals surface area (Å²) < 4.78 is 15.5. The molecule has 8 nitrogen and oxygen atoms in total. The molecule has 2 aromatic carbocycles. The van der Waals surface area contributed by atoms with Crippen LogP contribution in [0.25, 0.3) is 21.1 Å². The number of thiophene rings is 1. The first-order valence-corrected chi connectivity index (χ1v) is 15.1. The zero-order chi connectivity index (χ0) is 29.2. The van der Waals surface area contributed by atoms with Crippen molar-refractivity contribution in [3.8, 4) is 0 Å². The van der Waals surface area contributed by atoms with E-state index in [1.54, 1.807) is 29.8 Å². The Morgan fingerprint density at radius 2 is 2.10 bits per heavy atom. The minimum atomic E-state index is -0.251. The van der Waals surface area contributed by atoms with Gasteiger partial charge in [0.15, 0.2) is 0 Å². The van der Waals surface area contributed by atoms with Gasteiger partial charge in [0, 0.05) is 41.2 Å². The quantitative estimate of drug-likeness (QED) is 0.221. The van der Waals surface area contributed by atoms with Gasteiger partial charge in [-0.3, -0.25) is 9.48 Å². The number of anilines is 2. The first-order valence-electron chi connectivity index (χ1n) is 14.2. The highest BCUT2D eigenvalue weighted by Crippen LogP contribution is 2.38. The van der Waals surface area contributed by atoms with E-state index < -0.39 is 0 Å². The monoisotopic (exact) mass is 583 g/mol. The summed E-state index contributed by atoms with van der Waals surface area (Å²) in [6.45, 7) is 6.82. The van der Waals surface area contributed by atoms with Crippen molar-refractivity contribution in [1.82, 2.24) is 29.5 Å². The predicted octanol–water partition coefficient (Wildman–Crippen LogP) is 6.14. The topological polar surface area (TPSA) is 79.2 Å². The third-order valence-corrected chi connectivity index (χ3v) is 8.96. The van der Waals surface area contributed by atoms with Crippen LogP contribution in [-0.2, 0) is 24.3 Å². The number of carbonyl (C=O) groups is 1. The molecule has 1 aliphatic heterocycles. The first-order chi connectivity index (χ1) is 20.4. The predicted molar refractivity (Wildman–Crippen MR) is 167 cm³/mol. The van der Waals surface area contributed by atoms with Crippen LogP contribution in [0, 0.1) is 5.82 Å². The van der Waals surface area contributed by atoms with Gasteiger partial charge in [-0.15, -0.1) is 11.3 Å². The molecule has 4 heterocycles. The lowest BCUT2D eigenvalue weighted by Gasteiger charge is -2.20. The van der Waals surface area contributed by atoms with Crippen LogP contribution < -0.4 is 5.32 Å². The number of carbonyl (C=O) groups excluding carboxylic acids is 1. The molecule has 0 bridgehead atoms. The molecule has 0 saturated carbocycles. The number of nitrogens with zero attached hydrogens (tertiary/aromatic N) is 6. The summed E-state index contributed by atoms with van der Waals surface area (Å²) in [7, 11) is 2.06. The summed E-state index contributed by atoms with van der Waals surface area (Å²) >= 11 is 1.64. The van der Waals surface area contributed by atoms with E-state index in [0.717, 1.165) is 64.1 Å². The fourth-order valence-corrected chi connectivity index (χ4v) is 6.49. The molecule has 10 heteroatoms. The number of likely N-dealkylation sites (N-methyl/N-ethyl adjacent to an activating group) is 1. The van der Waals surface area contributed by atoms with Crippen LogP contribution in [0.5, 0.6) is 0 Å². The maximum absolute atomic E-state index is 13.7. The first kappa shape index (κ1) is 28.0. The molecule has 0 fully saturated rings. The van der Waals surface area contributed by atoms with Crippen LogP contribution in [-0.4, -0.2) is 61.6 Å². The van der Waals surface area contributed by atoms with Crippen molar-refractivity contribution in [2.24, 2.45) is 0 Å². The van der Waals surface area contributed by atoms with Crippen LogP contribution >= 0.6 is 11.3 Å². The van der Waals surface area contributed by atoms with Crippen LogP contribution in [0.3, 0.4) is 0 Å². The molecule has 5 aromatic rings. The van der Waals surface area contributed by atoms with Gasteiger partial charge in [-0.1, -0.05) is 18.2 Å². The molecule has 6 rings (SSSR count). The standard InChI is InChI=1S/C32H34FN7OS/c1-21(2)38(3)13-6-10-29(41)39-14-5-9-26-28(19-39)42-32-30(26)31(34-20-35-32)37-25-11-12-27-23(16-25)17-36-40(27)18-22-7-4-8-24(33)15-22/h4,6-8,10-12,15-17,20-21H,5,9,13-14,18-19H2,1-3H3,(H,34,35,37). The van der Waals surface area contributed by atoms with Crippen molar-refractivity contribution in [3.63, 3.8) is 0 Å². The zero-order valence-electron chi connectivity index (χ0n) is 24.0. The van der Waals surface area contributed by atoms with Crippen LogP contribution in [0.4, 0.5) is 15.9 Å². The molecule has 1 N–H and O–H groups in total. The Hall–Kier alpha value is -4.15. The lowest BCUT2D eigenvalue weighted by Crippen LogP contribution is -2.30. The Kier molecular flexibility index (Phi) is 7.99. The second-order valence-electron chi connectivity index (χ2n) is 11.0. The van der Waals surface area contributed by atoms with Crippen LogP contribution in [0.15, 0.2) is 67.1 Å². The van der Waals surface area contributed by atoms with Gasteiger partial charge < -0.3 is 15.1 Å². The number of aryl methyl sites for hydroxylation is 1. The molecule has 0 aliphatic carbocycles. The Balaban J connectivity index is 1.22. The van der Waals surface area contributed by atoms with E-state index in [9.17, 15) is 9.18 Å². The van der Waals surface area contributed by atoms with Crippen molar-refractivity contribution in [2.75, 3.05) is 25.5 Å². The molecule has 1 aliphatic rings. The number of aromatic nitrogens is 4. The number of benzene rings is 2. The maximum Gasteiger partial charge on any atom is 0.246 e. The van der Waals surface area contributed by atoms with Gasteiger partial charge in [-0.2, -0.15) is 5.10 Å². The van der Waals surface area contributed by atoms with E-state index in [4.69, 9.17) is 0 Å². The van der Waals surface area contributed by atoms with Crippen molar-refractivity contribution < 1.29 is 9.18 Å². The van der Waals surface area contributed by atoms with Gasteiger partial charge in [0.25, 0.3) is 0 Å². The second kappa shape index (κ2) is 12.0. The highest BCUT2D eigenvalue weighted by Gasteiger charge is 2.24. The fourth-order valence-electron chi connectivity index (χ4n) is 5.28. The molecule has 3 aromatic heterocycles. The Morgan fingerprint density at radius 1 is 1.21 bits per heavy atom. The summed E-state index contributed by atoms with van der Waals surface area (Å²) in [5.74, 6) is 0.563. The van der Waals surface area contributed by atoms with Crippen molar-refractivity contribution >= 4 is 49.9 Å².